The van der Waals surface area contributed by atoms with Crippen LogP contribution in [0.2, 0.25) is 0 Å². The molecule has 24 heavy (non-hydrogen) atoms. The van der Waals surface area contributed by atoms with E-state index in [1.807, 2.05) is 0 Å². The zero-order valence-electron chi connectivity index (χ0n) is 12.9. The van der Waals surface area contributed by atoms with E-state index in [-0.39, 0.29) is 11.9 Å². The Morgan fingerprint density at radius 3 is 2.67 bits per heavy atom. The highest BCUT2D eigenvalue weighted by Gasteiger charge is 2.27. The van der Waals surface area contributed by atoms with Crippen molar-refractivity contribution in [3.05, 3.63) is 35.2 Å². The number of anilines is 1. The fourth-order valence-corrected chi connectivity index (χ4v) is 5.90. The first-order chi connectivity index (χ1) is 11.5. The van der Waals surface area contributed by atoms with Crippen LogP contribution in [0.15, 0.2) is 14.3 Å². The van der Waals surface area contributed by atoms with Gasteiger partial charge in [0.25, 0.3) is 5.91 Å². The Bertz CT molecular complexity index is 778. The van der Waals surface area contributed by atoms with Crippen LogP contribution in [0.4, 0.5) is 5.00 Å². The van der Waals surface area contributed by atoms with Gasteiger partial charge in [0.15, 0.2) is 0 Å². The van der Waals surface area contributed by atoms with Gasteiger partial charge in [0.2, 0.25) is 0 Å². The van der Waals surface area contributed by atoms with Crippen molar-refractivity contribution in [1.29, 1.82) is 0 Å². The van der Waals surface area contributed by atoms with Gasteiger partial charge in [-0.05, 0) is 76.1 Å². The first-order valence-electron chi connectivity index (χ1n) is 7.59. The van der Waals surface area contributed by atoms with Crippen LogP contribution < -0.4 is 5.32 Å². The molecule has 0 bridgehead atoms. The molecule has 0 radical (unpaired) electrons. The zero-order valence-corrected chi connectivity index (χ0v) is 17.7. The largest absolute Gasteiger partial charge is 0.462 e. The number of hydrogen-bond donors (Lipinski definition) is 1. The van der Waals surface area contributed by atoms with E-state index in [1.165, 1.54) is 27.6 Å². The number of thiophene rings is 2. The molecule has 1 amide bonds. The standard InChI is InChI=1S/C16H15Br2NO3S2/c1-2-22-16(21)12-8-5-3-4-6-10(8)24-15(12)19-14(20)11-7-9(17)13(18)23-11/h7H,2-6H2,1H3,(H,19,20). The molecule has 1 aliphatic rings. The van der Waals surface area contributed by atoms with Crippen LogP contribution in [0.5, 0.6) is 0 Å². The molecule has 1 aliphatic carbocycles. The molecular weight excluding hydrogens is 478 g/mol. The molecule has 0 saturated carbocycles. The molecule has 8 heteroatoms. The van der Waals surface area contributed by atoms with Crippen molar-refractivity contribution in [2.24, 2.45) is 0 Å². The highest BCUT2D eigenvalue weighted by atomic mass is 79.9. The number of aryl methyl sites for hydroxylation is 1. The van der Waals surface area contributed by atoms with E-state index in [2.05, 4.69) is 37.2 Å². The molecule has 2 aromatic rings. The van der Waals surface area contributed by atoms with E-state index in [0.29, 0.717) is 22.0 Å². The Labute approximate surface area is 164 Å². The molecule has 0 saturated heterocycles. The van der Waals surface area contributed by atoms with E-state index in [1.54, 1.807) is 13.0 Å². The van der Waals surface area contributed by atoms with Crippen LogP contribution in [0.25, 0.3) is 0 Å². The average molecular weight is 493 g/mol. The summed E-state index contributed by atoms with van der Waals surface area (Å²) >= 11 is 9.63. The van der Waals surface area contributed by atoms with Gasteiger partial charge in [0.05, 0.1) is 20.8 Å². The molecule has 2 heterocycles. The van der Waals surface area contributed by atoms with Crippen LogP contribution in [0.1, 0.15) is 50.2 Å². The van der Waals surface area contributed by atoms with Gasteiger partial charge >= 0.3 is 5.97 Å². The van der Waals surface area contributed by atoms with Gasteiger partial charge < -0.3 is 10.1 Å². The maximum atomic E-state index is 12.5. The van der Waals surface area contributed by atoms with Crippen molar-refractivity contribution in [3.63, 3.8) is 0 Å². The molecule has 4 nitrogen and oxygen atoms in total. The topological polar surface area (TPSA) is 55.4 Å². The fraction of sp³-hybridized carbons (Fsp3) is 0.375. The fourth-order valence-electron chi connectivity index (χ4n) is 2.70. The zero-order chi connectivity index (χ0) is 17.3. The number of esters is 1. The molecule has 1 N–H and O–H groups in total. The molecule has 3 rings (SSSR count). The number of halogens is 2. The minimum atomic E-state index is -0.347. The molecule has 0 unspecified atom stereocenters. The highest BCUT2D eigenvalue weighted by molar-refractivity contribution is 9.13. The number of hydrogen-bond acceptors (Lipinski definition) is 5. The lowest BCUT2D eigenvalue weighted by atomic mass is 9.95. The summed E-state index contributed by atoms with van der Waals surface area (Å²) in [5.74, 6) is -0.559. The molecular formula is C16H15Br2NO3S2. The summed E-state index contributed by atoms with van der Waals surface area (Å²) < 4.78 is 6.91. The monoisotopic (exact) mass is 491 g/mol. The first-order valence-corrected chi connectivity index (χ1v) is 10.8. The molecule has 0 spiro atoms. The summed E-state index contributed by atoms with van der Waals surface area (Å²) in [6.07, 6.45) is 4.01. The molecule has 0 aromatic carbocycles. The maximum absolute atomic E-state index is 12.5. The Hall–Kier alpha value is -0.700. The lowest BCUT2D eigenvalue weighted by Crippen LogP contribution is -2.15. The van der Waals surface area contributed by atoms with Crippen LogP contribution in [0, 0.1) is 0 Å². The minimum Gasteiger partial charge on any atom is -0.462 e. The van der Waals surface area contributed by atoms with Crippen molar-refractivity contribution < 1.29 is 14.3 Å². The van der Waals surface area contributed by atoms with Crippen molar-refractivity contribution in [3.8, 4) is 0 Å². The van der Waals surface area contributed by atoms with E-state index < -0.39 is 0 Å². The third-order valence-corrected chi connectivity index (χ3v) is 8.21. The number of carbonyl (C=O) groups is 2. The smallest absolute Gasteiger partial charge is 0.341 e. The molecule has 0 fully saturated rings. The van der Waals surface area contributed by atoms with Crippen molar-refractivity contribution in [2.75, 3.05) is 11.9 Å². The summed E-state index contributed by atoms with van der Waals surface area (Å²) in [7, 11) is 0. The molecule has 2 aromatic heterocycles. The minimum absolute atomic E-state index is 0.212. The summed E-state index contributed by atoms with van der Waals surface area (Å²) in [6, 6.07) is 1.77. The number of carbonyl (C=O) groups excluding carboxylic acids is 2. The maximum Gasteiger partial charge on any atom is 0.341 e. The van der Waals surface area contributed by atoms with Gasteiger partial charge in [-0.25, -0.2) is 4.79 Å². The van der Waals surface area contributed by atoms with Gasteiger partial charge in [0, 0.05) is 9.35 Å². The Morgan fingerprint density at radius 2 is 2.00 bits per heavy atom. The second kappa shape index (κ2) is 7.68. The summed E-state index contributed by atoms with van der Waals surface area (Å²) in [4.78, 5) is 26.7. The Morgan fingerprint density at radius 1 is 1.25 bits per heavy atom. The number of fused-ring (bicyclic) bond motifs is 1. The van der Waals surface area contributed by atoms with Gasteiger partial charge in [0.1, 0.15) is 5.00 Å². The van der Waals surface area contributed by atoms with Gasteiger partial charge in [-0.15, -0.1) is 22.7 Å². The number of amides is 1. The number of rotatable bonds is 4. The quantitative estimate of drug-likeness (QED) is 0.561. The second-order valence-corrected chi connectivity index (χ2v) is 9.65. The lowest BCUT2D eigenvalue weighted by molar-refractivity contribution is 0.0526. The third kappa shape index (κ3) is 3.61. The predicted molar refractivity (Wildman–Crippen MR) is 105 cm³/mol. The summed E-state index contributed by atoms with van der Waals surface area (Å²) in [6.45, 7) is 2.11. The normalized spacial score (nSPS) is 13.5. The lowest BCUT2D eigenvalue weighted by Gasteiger charge is -2.12. The Kier molecular flexibility index (Phi) is 5.79. The molecule has 128 valence electrons. The van der Waals surface area contributed by atoms with E-state index in [0.717, 1.165) is 39.5 Å². The first kappa shape index (κ1) is 18.1. The molecule has 0 atom stereocenters. The van der Waals surface area contributed by atoms with Crippen LogP contribution >= 0.6 is 54.5 Å². The SMILES string of the molecule is CCOC(=O)c1c(NC(=O)c2cc(Br)c(Br)s2)sc2c1CCCC2. The Balaban J connectivity index is 1.93. The van der Waals surface area contributed by atoms with Crippen LogP contribution in [-0.2, 0) is 17.6 Å². The van der Waals surface area contributed by atoms with Crippen molar-refractivity contribution in [2.45, 2.75) is 32.6 Å². The number of ether oxygens (including phenoxy) is 1. The number of nitrogens with one attached hydrogen (secondary N) is 1. The van der Waals surface area contributed by atoms with Crippen molar-refractivity contribution >= 4 is 71.4 Å². The van der Waals surface area contributed by atoms with E-state index in [9.17, 15) is 9.59 Å². The predicted octanol–water partition coefficient (Wildman–Crippen LogP) is 5.64. The van der Waals surface area contributed by atoms with Crippen LogP contribution in [-0.4, -0.2) is 18.5 Å². The van der Waals surface area contributed by atoms with Gasteiger partial charge in [-0.2, -0.15) is 0 Å². The molecule has 0 aliphatic heterocycles. The third-order valence-electron chi connectivity index (χ3n) is 3.75. The van der Waals surface area contributed by atoms with Crippen molar-refractivity contribution in [1.82, 2.24) is 0 Å². The van der Waals surface area contributed by atoms with E-state index in [4.69, 9.17) is 4.74 Å². The van der Waals surface area contributed by atoms with Gasteiger partial charge in [-0.1, -0.05) is 0 Å². The summed E-state index contributed by atoms with van der Waals surface area (Å²) in [5.41, 5.74) is 1.59. The highest BCUT2D eigenvalue weighted by Crippen LogP contribution is 2.39. The summed E-state index contributed by atoms with van der Waals surface area (Å²) in [5, 5.41) is 3.51. The van der Waals surface area contributed by atoms with Gasteiger partial charge in [-0.3, -0.25) is 4.79 Å². The second-order valence-electron chi connectivity index (χ2n) is 5.32. The van der Waals surface area contributed by atoms with E-state index >= 15 is 0 Å². The average Bonchev–Trinajstić information content (AvgIpc) is 3.07. The van der Waals surface area contributed by atoms with Crippen LogP contribution in [0.3, 0.4) is 0 Å².